The third-order valence-electron chi connectivity index (χ3n) is 5.71. The summed E-state index contributed by atoms with van der Waals surface area (Å²) in [5, 5.41) is 11.1. The van der Waals surface area contributed by atoms with Crippen LogP contribution in [0.5, 0.6) is 0 Å². The van der Waals surface area contributed by atoms with Gasteiger partial charge in [0.1, 0.15) is 0 Å². The lowest BCUT2D eigenvalue weighted by Gasteiger charge is -2.17. The summed E-state index contributed by atoms with van der Waals surface area (Å²) in [5.41, 5.74) is 5.89. The number of aliphatic carboxylic acids is 1. The molecule has 0 aliphatic heterocycles. The Morgan fingerprint density at radius 2 is 2.00 bits per heavy atom. The zero-order chi connectivity index (χ0) is 21.4. The monoisotopic (exact) mass is 443 g/mol. The number of hydrogen-bond donors (Lipinski definition) is 2. The van der Waals surface area contributed by atoms with Gasteiger partial charge in [0.25, 0.3) is 0 Å². The van der Waals surface area contributed by atoms with E-state index in [4.69, 9.17) is 11.6 Å². The Morgan fingerprint density at radius 3 is 2.63 bits per heavy atom. The van der Waals surface area contributed by atoms with E-state index in [9.17, 15) is 18.7 Å². The molecule has 7 heteroatoms. The molecule has 0 fully saturated rings. The topological polar surface area (TPSA) is 79.5 Å². The molecule has 3 aromatic rings. The van der Waals surface area contributed by atoms with Crippen molar-refractivity contribution in [2.45, 2.75) is 37.5 Å². The molecule has 2 N–H and O–H groups in total. The molecule has 1 aliphatic carbocycles. The zero-order valence-corrected chi connectivity index (χ0v) is 17.9. The molecule has 2 atom stereocenters. The third kappa shape index (κ3) is 3.95. The Labute approximate surface area is 182 Å². The van der Waals surface area contributed by atoms with E-state index in [-0.39, 0.29) is 18.1 Å². The summed E-state index contributed by atoms with van der Waals surface area (Å²) < 4.78 is 23.0. The van der Waals surface area contributed by atoms with Crippen molar-refractivity contribution in [2.75, 3.05) is 0 Å². The van der Waals surface area contributed by atoms with Crippen molar-refractivity contribution in [3.8, 4) is 0 Å². The summed E-state index contributed by atoms with van der Waals surface area (Å²) in [6, 6.07) is 11.5. The summed E-state index contributed by atoms with van der Waals surface area (Å²) in [6.45, 7) is 4.54. The van der Waals surface area contributed by atoms with Crippen molar-refractivity contribution in [1.82, 2.24) is 4.57 Å². The van der Waals surface area contributed by atoms with Gasteiger partial charge in [-0.15, -0.1) is 0 Å². The number of rotatable bonds is 7. The third-order valence-corrected chi connectivity index (χ3v) is 6.54. The standard InChI is InChI=1S/C23H22ClNO4S/c1-2-16-9-15(13-30(28)29)10-20-19-8-5-17(11-21(26)27)23(19)25(22(16)20)12-14-3-6-18(24)7-4-14/h2-4,6-7,9-10,17H,1,5,8,11-13H2,(H,26,27)(H,28,29). The second-order valence-corrected chi connectivity index (χ2v) is 9.03. The van der Waals surface area contributed by atoms with Crippen molar-refractivity contribution < 1.29 is 18.7 Å². The van der Waals surface area contributed by atoms with E-state index in [1.165, 1.54) is 0 Å². The molecule has 0 saturated carbocycles. The lowest BCUT2D eigenvalue weighted by Crippen LogP contribution is -2.11. The fourth-order valence-electron chi connectivity index (χ4n) is 4.58. The van der Waals surface area contributed by atoms with Gasteiger partial charge in [-0.25, -0.2) is 4.21 Å². The fraction of sp³-hybridized carbons (Fsp3) is 0.261. The number of aromatic nitrogens is 1. The van der Waals surface area contributed by atoms with Crippen LogP contribution in [0.2, 0.25) is 5.02 Å². The zero-order valence-electron chi connectivity index (χ0n) is 16.3. The molecule has 2 aromatic carbocycles. The quantitative estimate of drug-likeness (QED) is 0.491. The maximum atomic E-state index is 11.5. The Morgan fingerprint density at radius 1 is 1.27 bits per heavy atom. The first-order valence-electron chi connectivity index (χ1n) is 9.71. The van der Waals surface area contributed by atoms with Gasteiger partial charge in [0.15, 0.2) is 11.1 Å². The van der Waals surface area contributed by atoms with E-state index >= 15 is 0 Å². The molecule has 1 aromatic heterocycles. The van der Waals surface area contributed by atoms with Crippen LogP contribution in [-0.2, 0) is 34.6 Å². The van der Waals surface area contributed by atoms with Crippen LogP contribution in [0.15, 0.2) is 43.0 Å². The average Bonchev–Trinajstić information content (AvgIpc) is 3.22. The fourth-order valence-corrected chi connectivity index (χ4v) is 5.16. The number of halogens is 1. The molecule has 156 valence electrons. The first-order chi connectivity index (χ1) is 14.4. The largest absolute Gasteiger partial charge is 0.481 e. The lowest BCUT2D eigenvalue weighted by molar-refractivity contribution is -0.137. The normalized spacial score (nSPS) is 16.5. The Bertz CT molecular complexity index is 1170. The van der Waals surface area contributed by atoms with Gasteiger partial charge in [-0.2, -0.15) is 0 Å². The molecular formula is C23H22ClNO4S. The maximum Gasteiger partial charge on any atom is 0.304 e. The van der Waals surface area contributed by atoms with E-state index in [1.54, 1.807) is 6.08 Å². The smallest absolute Gasteiger partial charge is 0.304 e. The van der Waals surface area contributed by atoms with E-state index in [1.807, 2.05) is 36.4 Å². The second kappa shape index (κ2) is 8.38. The van der Waals surface area contributed by atoms with Crippen molar-refractivity contribution in [3.63, 3.8) is 0 Å². The highest BCUT2D eigenvalue weighted by Gasteiger charge is 2.32. The minimum atomic E-state index is -1.94. The molecule has 30 heavy (non-hydrogen) atoms. The number of hydrogen-bond acceptors (Lipinski definition) is 2. The molecule has 4 rings (SSSR count). The highest BCUT2D eigenvalue weighted by molar-refractivity contribution is 7.78. The van der Waals surface area contributed by atoms with Gasteiger partial charge in [0.2, 0.25) is 0 Å². The highest BCUT2D eigenvalue weighted by atomic mass is 35.5. The van der Waals surface area contributed by atoms with Gasteiger partial charge in [0.05, 0.1) is 17.7 Å². The summed E-state index contributed by atoms with van der Waals surface area (Å²) in [7, 11) is 0. The number of nitrogens with zero attached hydrogens (tertiary/aromatic N) is 1. The van der Waals surface area contributed by atoms with Gasteiger partial charge in [-0.3, -0.25) is 4.79 Å². The average molecular weight is 444 g/mol. The first kappa shape index (κ1) is 20.8. The Kier molecular flexibility index (Phi) is 5.82. The van der Waals surface area contributed by atoms with Crippen LogP contribution >= 0.6 is 11.6 Å². The molecule has 0 radical (unpaired) electrons. The number of aryl methyl sites for hydroxylation is 1. The summed E-state index contributed by atoms with van der Waals surface area (Å²) in [5.74, 6) is -0.825. The Balaban J connectivity index is 1.94. The molecular weight excluding hydrogens is 422 g/mol. The minimum Gasteiger partial charge on any atom is -0.481 e. The molecule has 0 bridgehead atoms. The van der Waals surface area contributed by atoms with Crippen LogP contribution in [0.3, 0.4) is 0 Å². The van der Waals surface area contributed by atoms with Gasteiger partial charge in [0, 0.05) is 28.6 Å². The second-order valence-electron chi connectivity index (χ2n) is 7.66. The van der Waals surface area contributed by atoms with Crippen LogP contribution in [0, 0.1) is 0 Å². The summed E-state index contributed by atoms with van der Waals surface area (Å²) in [6.07, 6.45) is 3.42. The van der Waals surface area contributed by atoms with E-state index < -0.39 is 17.0 Å². The van der Waals surface area contributed by atoms with Crippen LogP contribution < -0.4 is 0 Å². The molecule has 2 unspecified atom stereocenters. The van der Waals surface area contributed by atoms with Gasteiger partial charge in [-0.05, 0) is 59.4 Å². The summed E-state index contributed by atoms with van der Waals surface area (Å²) in [4.78, 5) is 11.5. The Hall–Kier alpha value is -2.41. The molecule has 0 spiro atoms. The van der Waals surface area contributed by atoms with Crippen LogP contribution in [0.1, 0.15) is 46.7 Å². The van der Waals surface area contributed by atoms with Crippen molar-refractivity contribution in [1.29, 1.82) is 0 Å². The van der Waals surface area contributed by atoms with Crippen LogP contribution in [0.25, 0.3) is 17.0 Å². The van der Waals surface area contributed by atoms with Crippen LogP contribution in [0.4, 0.5) is 0 Å². The van der Waals surface area contributed by atoms with Crippen molar-refractivity contribution in [2.24, 2.45) is 0 Å². The van der Waals surface area contributed by atoms with Crippen LogP contribution in [-0.4, -0.2) is 24.4 Å². The maximum absolute atomic E-state index is 11.5. The van der Waals surface area contributed by atoms with Gasteiger partial charge in [-0.1, -0.05) is 36.4 Å². The number of carboxylic acids is 1. The van der Waals surface area contributed by atoms with E-state index in [0.717, 1.165) is 51.7 Å². The number of fused-ring (bicyclic) bond motifs is 3. The highest BCUT2D eigenvalue weighted by Crippen LogP contribution is 2.43. The van der Waals surface area contributed by atoms with Gasteiger partial charge >= 0.3 is 5.97 Å². The van der Waals surface area contributed by atoms with Gasteiger partial charge < -0.3 is 14.2 Å². The molecule has 5 nitrogen and oxygen atoms in total. The molecule has 1 aliphatic rings. The molecule has 0 amide bonds. The lowest BCUT2D eigenvalue weighted by atomic mass is 10.0. The minimum absolute atomic E-state index is 0.0481. The molecule has 1 heterocycles. The van der Waals surface area contributed by atoms with E-state index in [0.29, 0.717) is 11.6 Å². The number of carboxylic acid groups (broad SMARTS) is 1. The number of carbonyl (C=O) groups is 1. The predicted molar refractivity (Wildman–Crippen MR) is 120 cm³/mol. The van der Waals surface area contributed by atoms with Crippen molar-refractivity contribution >= 4 is 45.6 Å². The molecule has 0 saturated heterocycles. The SMILES string of the molecule is C=Cc1cc(CS(=O)O)cc2c3c(n(Cc4ccc(Cl)cc4)c12)C(CC(=O)O)CC3. The predicted octanol–water partition coefficient (Wildman–Crippen LogP) is 5.21. The number of benzene rings is 2. The van der Waals surface area contributed by atoms with E-state index in [2.05, 4.69) is 11.1 Å². The first-order valence-corrected chi connectivity index (χ1v) is 11.4. The van der Waals surface area contributed by atoms with Crippen molar-refractivity contribution in [3.05, 3.63) is 75.9 Å². The summed E-state index contributed by atoms with van der Waals surface area (Å²) >= 11 is 4.10.